The van der Waals surface area contributed by atoms with Gasteiger partial charge in [-0.05, 0) is 0 Å². The second kappa shape index (κ2) is 7.31. The summed E-state index contributed by atoms with van der Waals surface area (Å²) in [5, 5.41) is -4.55. The summed E-state index contributed by atoms with van der Waals surface area (Å²) in [7, 11) is -11.8. The molecule has 0 bridgehead atoms. The molecular formula is C4H5F10LiN2O4S2. The number of hydrogen-bond acceptors (Lipinski definition) is 4. The number of sulfonamides is 2. The van der Waals surface area contributed by atoms with Crippen LogP contribution in [0.25, 0.3) is 0 Å². The molecule has 0 aromatic heterocycles. The Hall–Kier alpha value is -0.283. The molecule has 23 heavy (non-hydrogen) atoms. The molecule has 0 aromatic rings. The summed E-state index contributed by atoms with van der Waals surface area (Å²) in [6.07, 6.45) is -12.3. The van der Waals surface area contributed by atoms with Gasteiger partial charge in [-0.3, -0.25) is 0 Å². The van der Waals surface area contributed by atoms with Crippen LogP contribution in [-0.4, -0.2) is 58.6 Å². The average Bonchev–Trinajstić information content (AvgIpc) is 2.10. The molecule has 6 nitrogen and oxygen atoms in total. The Morgan fingerprint density at radius 1 is 0.522 bits per heavy atom. The van der Waals surface area contributed by atoms with Crippen LogP contribution in [0.1, 0.15) is 0 Å². The van der Waals surface area contributed by atoms with E-state index in [1.54, 1.807) is 0 Å². The predicted octanol–water partition coefficient (Wildman–Crippen LogP) is 0.212. The maximum atomic E-state index is 11.6. The van der Waals surface area contributed by atoms with E-state index in [0.717, 1.165) is 0 Å². The Balaban J connectivity index is -0.000000333. The molecule has 0 aromatic carbocycles. The molecule has 0 aliphatic carbocycles. The minimum absolute atomic E-state index is 0. The first-order valence-corrected chi connectivity index (χ1v) is 7.03. The standard InChI is InChI=1S/2C2H2F5NO2S.Li.H/c2*3-1(4,5)2(6,7)11(8,9)10;;/h2*(H2,8,9,10);;. The number of hydrogen-bond donors (Lipinski definition) is 2. The van der Waals surface area contributed by atoms with Crippen LogP contribution in [0.4, 0.5) is 43.9 Å². The molecule has 0 aliphatic heterocycles. The van der Waals surface area contributed by atoms with Crippen LogP contribution in [0.2, 0.25) is 0 Å². The first-order chi connectivity index (χ1) is 9.00. The summed E-state index contributed by atoms with van der Waals surface area (Å²) >= 11 is 0. The molecule has 0 spiro atoms. The van der Waals surface area contributed by atoms with Gasteiger partial charge < -0.3 is 0 Å². The minimum atomic E-state index is -6.17. The zero-order valence-corrected chi connectivity index (χ0v) is 11.0. The van der Waals surface area contributed by atoms with Crippen LogP contribution in [0.15, 0.2) is 0 Å². The van der Waals surface area contributed by atoms with Crippen LogP contribution in [0.3, 0.4) is 0 Å². The average molecular weight is 406 g/mol. The molecule has 4 N–H and O–H groups in total. The first-order valence-electron chi connectivity index (χ1n) is 3.94. The van der Waals surface area contributed by atoms with Gasteiger partial charge in [-0.1, -0.05) is 0 Å². The summed E-state index contributed by atoms with van der Waals surface area (Å²) < 4.78 is 152. The zero-order chi connectivity index (χ0) is 19.0. The van der Waals surface area contributed by atoms with Crippen LogP contribution in [0.5, 0.6) is 0 Å². The molecule has 19 heteroatoms. The predicted molar refractivity (Wildman–Crippen MR) is 55.4 cm³/mol. The fourth-order valence-electron chi connectivity index (χ4n) is 0.323. The Labute approximate surface area is 133 Å². The SMILES string of the molecule is NS(=O)(=O)C(F)(F)C(F)(F)F.NS(=O)(=O)C(F)(F)C(F)(F)F.[LiH]. The number of nitrogens with two attached hydrogens (primary N) is 2. The molecule has 0 radical (unpaired) electrons. The molecule has 0 fully saturated rings. The van der Waals surface area contributed by atoms with Gasteiger partial charge in [0.1, 0.15) is 0 Å². The van der Waals surface area contributed by atoms with E-state index in [9.17, 15) is 60.7 Å². The van der Waals surface area contributed by atoms with Gasteiger partial charge in [-0.15, -0.1) is 0 Å². The fourth-order valence-corrected chi connectivity index (χ4v) is 0.968. The van der Waals surface area contributed by atoms with E-state index in [-0.39, 0.29) is 18.9 Å². The molecule has 0 saturated heterocycles. The van der Waals surface area contributed by atoms with Gasteiger partial charge in [0.2, 0.25) is 0 Å². The van der Waals surface area contributed by atoms with Crippen molar-refractivity contribution in [2.24, 2.45) is 10.3 Å². The van der Waals surface area contributed by atoms with E-state index in [2.05, 4.69) is 10.3 Å². The molecule has 0 aliphatic rings. The third-order valence-corrected chi connectivity index (χ3v) is 3.27. The van der Waals surface area contributed by atoms with E-state index in [1.807, 2.05) is 0 Å². The summed E-state index contributed by atoms with van der Waals surface area (Å²) in [6, 6.07) is 0. The number of halogens is 10. The van der Waals surface area contributed by atoms with Crippen LogP contribution < -0.4 is 10.3 Å². The molecule has 0 saturated carbocycles. The summed E-state index contributed by atoms with van der Waals surface area (Å²) in [5.74, 6) is 0. The fraction of sp³-hybridized carbons (Fsp3) is 1.00. The normalized spacial score (nSPS) is 14.4. The van der Waals surface area contributed by atoms with Crippen molar-refractivity contribution in [3.63, 3.8) is 0 Å². The number of primary sulfonamides is 2. The Kier molecular flexibility index (Phi) is 8.76. The summed E-state index contributed by atoms with van der Waals surface area (Å²) in [5.41, 5.74) is 0. The van der Waals surface area contributed by atoms with Crippen LogP contribution >= 0.6 is 0 Å². The molecule has 0 atom stereocenters. The van der Waals surface area contributed by atoms with Crippen molar-refractivity contribution in [3.05, 3.63) is 0 Å². The van der Waals surface area contributed by atoms with Gasteiger partial charge in [-0.2, -0.15) is 43.9 Å². The van der Waals surface area contributed by atoms with E-state index in [4.69, 9.17) is 0 Å². The molecule has 0 heterocycles. The van der Waals surface area contributed by atoms with Gasteiger partial charge in [-0.25, -0.2) is 27.1 Å². The van der Waals surface area contributed by atoms with Crippen molar-refractivity contribution in [2.75, 3.05) is 0 Å². The van der Waals surface area contributed by atoms with Crippen molar-refractivity contribution in [1.29, 1.82) is 0 Å². The first kappa shape index (κ1) is 27.6. The van der Waals surface area contributed by atoms with Crippen molar-refractivity contribution < 1.29 is 60.7 Å². The number of rotatable bonds is 2. The molecular weight excluding hydrogens is 401 g/mol. The van der Waals surface area contributed by atoms with E-state index < -0.39 is 42.9 Å². The van der Waals surface area contributed by atoms with Crippen LogP contribution in [0, 0.1) is 0 Å². The number of alkyl halides is 10. The van der Waals surface area contributed by atoms with Crippen molar-refractivity contribution in [3.8, 4) is 0 Å². The Morgan fingerprint density at radius 2 is 0.652 bits per heavy atom. The summed E-state index contributed by atoms with van der Waals surface area (Å²) in [6.45, 7) is 0. The van der Waals surface area contributed by atoms with Gasteiger partial charge in [0.15, 0.2) is 0 Å². The van der Waals surface area contributed by atoms with Crippen LogP contribution in [-0.2, 0) is 20.0 Å². The second-order valence-electron chi connectivity index (χ2n) is 3.12. The Bertz CT molecular complexity index is 539. The quantitative estimate of drug-likeness (QED) is 0.503. The molecule has 138 valence electrons. The van der Waals surface area contributed by atoms with Gasteiger partial charge in [0.25, 0.3) is 20.0 Å². The third-order valence-electron chi connectivity index (χ3n) is 1.37. The zero-order valence-electron chi connectivity index (χ0n) is 9.38. The molecule has 0 amide bonds. The van der Waals surface area contributed by atoms with Gasteiger partial charge in [0.05, 0.1) is 0 Å². The molecule has 0 unspecified atom stereocenters. The van der Waals surface area contributed by atoms with Crippen molar-refractivity contribution >= 4 is 38.9 Å². The van der Waals surface area contributed by atoms with Gasteiger partial charge >= 0.3 is 41.7 Å². The van der Waals surface area contributed by atoms with E-state index in [0.29, 0.717) is 0 Å². The van der Waals surface area contributed by atoms with Gasteiger partial charge in [0, 0.05) is 0 Å². The molecule has 0 rings (SSSR count). The monoisotopic (exact) mass is 406 g/mol. The van der Waals surface area contributed by atoms with E-state index in [1.165, 1.54) is 0 Å². The van der Waals surface area contributed by atoms with E-state index >= 15 is 0 Å². The topological polar surface area (TPSA) is 120 Å². The second-order valence-corrected chi connectivity index (χ2v) is 6.32. The Morgan fingerprint density at radius 3 is 0.652 bits per heavy atom. The summed E-state index contributed by atoms with van der Waals surface area (Å²) in [4.78, 5) is 0. The third kappa shape index (κ3) is 6.62. The van der Waals surface area contributed by atoms with Crippen molar-refractivity contribution in [1.82, 2.24) is 0 Å². The maximum absolute atomic E-state index is 11.6. The van der Waals surface area contributed by atoms with Crippen molar-refractivity contribution in [2.45, 2.75) is 22.9 Å².